The quantitative estimate of drug-likeness (QED) is 0.0399. The van der Waals surface area contributed by atoms with Gasteiger partial charge < -0.3 is 24.6 Å². The van der Waals surface area contributed by atoms with Gasteiger partial charge in [0.05, 0.1) is 18.7 Å². The molecule has 1 N–H and O–H groups in total. The van der Waals surface area contributed by atoms with Crippen molar-refractivity contribution in [2.24, 2.45) is 0 Å². The van der Waals surface area contributed by atoms with E-state index in [1.807, 2.05) is 19.0 Å². The Bertz CT molecular complexity index is 1380. The minimum atomic E-state index is -0.403. The van der Waals surface area contributed by atoms with Crippen molar-refractivity contribution >= 4 is 40.1 Å². The minimum absolute atomic E-state index is 0.00219. The van der Waals surface area contributed by atoms with Crippen molar-refractivity contribution in [1.29, 1.82) is 0 Å². The lowest BCUT2D eigenvalue weighted by molar-refractivity contribution is -0.150. The van der Waals surface area contributed by atoms with E-state index in [4.69, 9.17) is 9.47 Å². The predicted octanol–water partition coefficient (Wildman–Crippen LogP) is 13.9. The predicted molar refractivity (Wildman–Crippen MR) is 260 cm³/mol. The third-order valence-corrected chi connectivity index (χ3v) is 13.2. The fraction of sp³-hybridized carbons (Fsp3) is 0.808. The summed E-state index contributed by atoms with van der Waals surface area (Å²) in [5.41, 5.74) is 1.35. The van der Waals surface area contributed by atoms with Crippen LogP contribution < -0.4 is 5.32 Å². The number of unbranched alkanes of at least 4 members (excludes halogenated alkanes) is 20. The highest BCUT2D eigenvalue weighted by molar-refractivity contribution is 7.17. The van der Waals surface area contributed by atoms with Gasteiger partial charge in [0, 0.05) is 37.2 Å². The fourth-order valence-corrected chi connectivity index (χ4v) is 9.51. The maximum Gasteiger partial charge on any atom is 0.341 e. The Balaban J connectivity index is 1.84. The largest absolute Gasteiger partial charge is 0.462 e. The van der Waals surface area contributed by atoms with E-state index in [2.05, 4.69) is 43.1 Å². The molecule has 0 aromatic carbocycles. The number of allylic oxidation sites excluding steroid dienone is 2. The number of hydrogen-bond donors (Lipinski definition) is 1. The Labute approximate surface area is 383 Å². The van der Waals surface area contributed by atoms with E-state index in [-0.39, 0.29) is 23.9 Å². The van der Waals surface area contributed by atoms with E-state index in [0.29, 0.717) is 68.8 Å². The molecule has 0 bridgehead atoms. The Hall–Kier alpha value is -2.72. The number of thiophene rings is 1. The van der Waals surface area contributed by atoms with Crippen molar-refractivity contribution in [3.8, 4) is 0 Å². The second-order valence-electron chi connectivity index (χ2n) is 18.2. The number of esters is 2. The molecule has 1 atom stereocenters. The first kappa shape index (κ1) is 55.4. The minimum Gasteiger partial charge on any atom is -0.462 e. The molecule has 62 heavy (non-hydrogen) atoms. The molecule has 0 fully saturated rings. The van der Waals surface area contributed by atoms with Gasteiger partial charge >= 0.3 is 11.9 Å². The molecule has 1 aliphatic heterocycles. The first-order valence-electron chi connectivity index (χ1n) is 25.6. The van der Waals surface area contributed by atoms with Crippen LogP contribution in [0.1, 0.15) is 241 Å². The van der Waals surface area contributed by atoms with Crippen LogP contribution in [0, 0.1) is 0 Å². The molecule has 0 radical (unpaired) electrons. The zero-order valence-electron chi connectivity index (χ0n) is 40.4. The highest BCUT2D eigenvalue weighted by Gasteiger charge is 2.31. The van der Waals surface area contributed by atoms with Crippen LogP contribution in [0.4, 0.5) is 5.00 Å². The van der Waals surface area contributed by atoms with Gasteiger partial charge in [0.25, 0.3) is 0 Å². The smallest absolute Gasteiger partial charge is 0.341 e. The van der Waals surface area contributed by atoms with Crippen LogP contribution in [0.2, 0.25) is 0 Å². The van der Waals surface area contributed by atoms with E-state index in [1.54, 1.807) is 0 Å². The molecule has 10 heteroatoms. The Morgan fingerprint density at radius 1 is 0.677 bits per heavy atom. The number of rotatable bonds is 39. The lowest BCUT2D eigenvalue weighted by Crippen LogP contribution is -2.35. The maximum atomic E-state index is 13.5. The molecule has 0 spiro atoms. The summed E-state index contributed by atoms with van der Waals surface area (Å²) in [4.78, 5) is 57.8. The summed E-state index contributed by atoms with van der Waals surface area (Å²) in [6.07, 6.45) is 37.9. The first-order valence-corrected chi connectivity index (χ1v) is 26.4. The van der Waals surface area contributed by atoms with E-state index in [1.165, 1.54) is 120 Å². The third-order valence-electron chi connectivity index (χ3n) is 12.1. The topological polar surface area (TPSA) is 105 Å². The highest BCUT2D eigenvalue weighted by atomic mass is 32.1. The summed E-state index contributed by atoms with van der Waals surface area (Å²) in [5.74, 6) is -0.575. The lowest BCUT2D eigenvalue weighted by Gasteiger charge is -2.27. The summed E-state index contributed by atoms with van der Waals surface area (Å²) < 4.78 is 11.7. The van der Waals surface area contributed by atoms with Crippen molar-refractivity contribution in [3.05, 3.63) is 28.2 Å². The molecule has 1 aliphatic rings. The van der Waals surface area contributed by atoms with Crippen molar-refractivity contribution < 1.29 is 28.7 Å². The van der Waals surface area contributed by atoms with Gasteiger partial charge in [-0.3, -0.25) is 14.4 Å². The average molecular weight is 886 g/mol. The highest BCUT2D eigenvalue weighted by Crippen LogP contribution is 2.38. The summed E-state index contributed by atoms with van der Waals surface area (Å²) >= 11 is 1.40. The summed E-state index contributed by atoms with van der Waals surface area (Å²) in [6, 6.07) is 0. The maximum absolute atomic E-state index is 13.5. The van der Waals surface area contributed by atoms with Crippen molar-refractivity contribution in [3.63, 3.8) is 0 Å². The Morgan fingerprint density at radius 3 is 1.82 bits per heavy atom. The van der Waals surface area contributed by atoms with Gasteiger partial charge in [0.15, 0.2) is 0 Å². The molecule has 2 amide bonds. The monoisotopic (exact) mass is 886 g/mol. The van der Waals surface area contributed by atoms with Crippen molar-refractivity contribution in [1.82, 2.24) is 9.80 Å². The van der Waals surface area contributed by atoms with Crippen LogP contribution in [0.3, 0.4) is 0 Å². The van der Waals surface area contributed by atoms with Crippen LogP contribution in [-0.2, 0) is 36.8 Å². The lowest BCUT2D eigenvalue weighted by atomic mass is 10.0. The van der Waals surface area contributed by atoms with Crippen molar-refractivity contribution in [2.75, 3.05) is 39.1 Å². The van der Waals surface area contributed by atoms with Gasteiger partial charge in [0.1, 0.15) is 11.1 Å². The van der Waals surface area contributed by atoms with E-state index in [0.717, 1.165) is 74.8 Å². The summed E-state index contributed by atoms with van der Waals surface area (Å²) in [6.45, 7) is 8.74. The zero-order valence-corrected chi connectivity index (χ0v) is 41.3. The van der Waals surface area contributed by atoms with Gasteiger partial charge in [-0.05, 0) is 103 Å². The van der Waals surface area contributed by atoms with Crippen LogP contribution in [0.15, 0.2) is 12.2 Å². The summed E-state index contributed by atoms with van der Waals surface area (Å²) in [5, 5.41) is 3.61. The molecule has 0 saturated carbocycles. The Morgan fingerprint density at radius 2 is 1.21 bits per heavy atom. The zero-order chi connectivity index (χ0) is 45.0. The Kier molecular flexibility index (Phi) is 32.7. The number of nitrogens with one attached hydrogen (secondary N) is 1. The van der Waals surface area contributed by atoms with E-state index >= 15 is 0 Å². The normalized spacial score (nSPS) is 13.2. The van der Waals surface area contributed by atoms with Gasteiger partial charge in [-0.1, -0.05) is 136 Å². The van der Waals surface area contributed by atoms with Crippen LogP contribution in [0.5, 0.6) is 0 Å². The molecular weight excluding hydrogens is 795 g/mol. The number of ether oxygens (including phenoxy) is 2. The fourth-order valence-electron chi connectivity index (χ4n) is 8.25. The molecule has 2 heterocycles. The first-order chi connectivity index (χ1) is 30.2. The molecule has 356 valence electrons. The molecule has 1 aromatic heterocycles. The molecule has 0 saturated heterocycles. The SMILES string of the molecule is CCCCCCCC/C=C\CCCCCCCC(=O)Nc1sc2c(c1C(=O)OCCCN(C)C)CCN(C(=O)CCCCC(=O)OC(CCCCCC)CCCCCCCC)C2. The van der Waals surface area contributed by atoms with Gasteiger partial charge in [-0.15, -0.1) is 11.3 Å². The number of fused-ring (bicyclic) bond motifs is 1. The number of anilines is 1. The molecule has 1 aromatic rings. The van der Waals surface area contributed by atoms with Crippen LogP contribution >= 0.6 is 11.3 Å². The molecular formula is C52H91N3O6S. The van der Waals surface area contributed by atoms with E-state index in [9.17, 15) is 19.2 Å². The van der Waals surface area contributed by atoms with Gasteiger partial charge in [0.2, 0.25) is 11.8 Å². The number of hydrogen-bond acceptors (Lipinski definition) is 8. The second-order valence-corrected chi connectivity index (χ2v) is 19.3. The van der Waals surface area contributed by atoms with E-state index < -0.39 is 5.97 Å². The molecule has 0 aliphatic carbocycles. The third kappa shape index (κ3) is 26.2. The summed E-state index contributed by atoms with van der Waals surface area (Å²) in [7, 11) is 3.98. The van der Waals surface area contributed by atoms with Gasteiger partial charge in [-0.2, -0.15) is 0 Å². The molecule has 1 unspecified atom stereocenters. The van der Waals surface area contributed by atoms with Crippen LogP contribution in [-0.4, -0.2) is 73.4 Å². The standard InChI is InChI=1S/C52H91N3O6S/c1-6-9-12-15-17-18-19-20-21-22-23-24-25-27-30-36-47(56)53-51-50(52(59)60-42-33-40-54(4)5)45-39-41-55(43-46(45)62-51)48(57)37-31-32-38-49(58)61-44(34-28-14-11-8-3)35-29-26-16-13-10-7-2/h20-21,44H,6-19,22-43H2,1-5H3,(H,53,56)/b21-20-. The molecule has 2 rings (SSSR count). The number of carbonyl (C=O) groups is 4. The average Bonchev–Trinajstić information content (AvgIpc) is 3.61. The second kappa shape index (κ2) is 36.6. The number of nitrogens with zero attached hydrogens (tertiary/aromatic N) is 2. The molecule has 9 nitrogen and oxygen atoms in total. The van der Waals surface area contributed by atoms with Crippen molar-refractivity contribution in [2.45, 2.75) is 239 Å². The van der Waals surface area contributed by atoms with Gasteiger partial charge in [-0.25, -0.2) is 4.79 Å². The number of carbonyl (C=O) groups excluding carboxylic acids is 4. The number of amides is 2. The van der Waals surface area contributed by atoms with Crippen LogP contribution in [0.25, 0.3) is 0 Å².